The molecule has 1 aromatic rings. The zero-order chi connectivity index (χ0) is 18.4. The molecule has 0 aliphatic heterocycles. The Morgan fingerprint density at radius 1 is 1.48 bits per heavy atom. The van der Waals surface area contributed by atoms with Crippen molar-refractivity contribution in [2.75, 3.05) is 20.2 Å². The summed E-state index contributed by atoms with van der Waals surface area (Å²) >= 11 is 0. The van der Waals surface area contributed by atoms with Crippen LogP contribution in [0.4, 0.5) is 5.69 Å². The van der Waals surface area contributed by atoms with Crippen LogP contribution >= 0.6 is 0 Å². The van der Waals surface area contributed by atoms with Crippen molar-refractivity contribution >= 4 is 17.5 Å². The topological polar surface area (TPSA) is 102 Å². The van der Waals surface area contributed by atoms with E-state index in [2.05, 4.69) is 11.9 Å². The summed E-state index contributed by atoms with van der Waals surface area (Å²) in [5.74, 6) is -0.162. The lowest BCUT2D eigenvalue weighted by molar-refractivity contribution is -0.384. The molecular formula is C17H21N3O5. The lowest BCUT2D eigenvalue weighted by atomic mass is 10.1. The van der Waals surface area contributed by atoms with E-state index in [0.717, 1.165) is 12.8 Å². The van der Waals surface area contributed by atoms with Crippen LogP contribution in [-0.4, -0.2) is 47.9 Å². The Kier molecular flexibility index (Phi) is 6.10. The molecule has 0 radical (unpaired) electrons. The van der Waals surface area contributed by atoms with Crippen molar-refractivity contribution in [1.82, 2.24) is 10.2 Å². The summed E-state index contributed by atoms with van der Waals surface area (Å²) in [6, 6.07) is 4.42. The van der Waals surface area contributed by atoms with Crippen LogP contribution in [0.25, 0.3) is 0 Å². The molecule has 0 bridgehead atoms. The minimum absolute atomic E-state index is 0.0293. The highest BCUT2D eigenvalue weighted by molar-refractivity contribution is 5.85. The normalized spacial score (nSPS) is 13.0. The summed E-state index contributed by atoms with van der Waals surface area (Å²) in [5, 5.41) is 13.7. The second-order valence-electron chi connectivity index (χ2n) is 5.92. The quantitative estimate of drug-likeness (QED) is 0.414. The molecule has 0 unspecified atom stereocenters. The number of carbonyl (C=O) groups excluding carboxylic acids is 2. The van der Waals surface area contributed by atoms with E-state index < -0.39 is 4.92 Å². The van der Waals surface area contributed by atoms with E-state index in [4.69, 9.17) is 4.74 Å². The molecule has 1 saturated carbocycles. The summed E-state index contributed by atoms with van der Waals surface area (Å²) in [5.41, 5.74) is 0.524. The largest absolute Gasteiger partial charge is 0.483 e. The monoisotopic (exact) mass is 347 g/mol. The maximum atomic E-state index is 12.1. The van der Waals surface area contributed by atoms with Crippen molar-refractivity contribution in [1.29, 1.82) is 0 Å². The van der Waals surface area contributed by atoms with Gasteiger partial charge < -0.3 is 15.0 Å². The van der Waals surface area contributed by atoms with Crippen LogP contribution in [0.1, 0.15) is 18.4 Å². The van der Waals surface area contributed by atoms with Crippen LogP contribution in [0.15, 0.2) is 30.9 Å². The van der Waals surface area contributed by atoms with Gasteiger partial charge in [0.1, 0.15) is 5.75 Å². The van der Waals surface area contributed by atoms with E-state index in [1.165, 1.54) is 30.1 Å². The van der Waals surface area contributed by atoms with Crippen molar-refractivity contribution in [3.63, 3.8) is 0 Å². The number of rotatable bonds is 9. The SMILES string of the molecule is C=CCc1cc([N+](=O)[O-])ccc1OCC(=O)N(C)CC(=O)NC1CC1. The summed E-state index contributed by atoms with van der Waals surface area (Å²) in [7, 11) is 1.53. The molecule has 1 aromatic carbocycles. The number of hydrogen-bond donors (Lipinski definition) is 1. The van der Waals surface area contributed by atoms with Gasteiger partial charge in [0, 0.05) is 30.8 Å². The van der Waals surface area contributed by atoms with E-state index in [1.807, 2.05) is 0 Å². The number of nitro benzene ring substituents is 1. The first-order chi connectivity index (χ1) is 11.9. The molecule has 2 amide bonds. The molecule has 8 nitrogen and oxygen atoms in total. The van der Waals surface area contributed by atoms with Crippen molar-refractivity contribution in [2.45, 2.75) is 25.3 Å². The number of non-ortho nitro benzene ring substituents is 1. The number of likely N-dealkylation sites (N-methyl/N-ethyl adjacent to an activating group) is 1. The Bertz CT molecular complexity index is 685. The number of hydrogen-bond acceptors (Lipinski definition) is 5. The van der Waals surface area contributed by atoms with Gasteiger partial charge in [-0.3, -0.25) is 19.7 Å². The van der Waals surface area contributed by atoms with Gasteiger partial charge >= 0.3 is 0 Å². The Labute approximate surface area is 145 Å². The van der Waals surface area contributed by atoms with Crippen molar-refractivity contribution < 1.29 is 19.2 Å². The fraction of sp³-hybridized carbons (Fsp3) is 0.412. The first kappa shape index (κ1) is 18.4. The predicted molar refractivity (Wildman–Crippen MR) is 91.3 cm³/mol. The number of allylic oxidation sites excluding steroid dienone is 1. The van der Waals surface area contributed by atoms with Crippen molar-refractivity contribution in [3.8, 4) is 5.75 Å². The second-order valence-corrected chi connectivity index (χ2v) is 5.92. The van der Waals surface area contributed by atoms with E-state index in [-0.39, 0.29) is 36.7 Å². The first-order valence-corrected chi connectivity index (χ1v) is 7.95. The first-order valence-electron chi connectivity index (χ1n) is 7.95. The minimum Gasteiger partial charge on any atom is -0.483 e. The zero-order valence-corrected chi connectivity index (χ0v) is 14.1. The van der Waals surface area contributed by atoms with E-state index in [0.29, 0.717) is 17.7 Å². The zero-order valence-electron chi connectivity index (χ0n) is 14.1. The molecule has 2 rings (SSSR count). The number of nitro groups is 1. The Balaban J connectivity index is 1.92. The van der Waals surface area contributed by atoms with Gasteiger partial charge in [-0.1, -0.05) is 6.08 Å². The maximum Gasteiger partial charge on any atom is 0.269 e. The molecule has 1 N–H and O–H groups in total. The van der Waals surface area contributed by atoms with Gasteiger partial charge in [-0.2, -0.15) is 0 Å². The summed E-state index contributed by atoms with van der Waals surface area (Å²) in [6.45, 7) is 3.33. The molecule has 0 heterocycles. The minimum atomic E-state index is -0.492. The number of amides is 2. The smallest absolute Gasteiger partial charge is 0.269 e. The predicted octanol–water partition coefficient (Wildman–Crippen LogP) is 1.44. The fourth-order valence-electron chi connectivity index (χ4n) is 2.19. The van der Waals surface area contributed by atoms with Gasteiger partial charge in [-0.15, -0.1) is 6.58 Å². The van der Waals surface area contributed by atoms with E-state index in [1.54, 1.807) is 6.08 Å². The second kappa shape index (κ2) is 8.27. The molecular weight excluding hydrogens is 326 g/mol. The molecule has 1 fully saturated rings. The molecule has 0 atom stereocenters. The highest BCUT2D eigenvalue weighted by atomic mass is 16.6. The van der Waals surface area contributed by atoms with E-state index >= 15 is 0 Å². The molecule has 0 saturated heterocycles. The average Bonchev–Trinajstić information content (AvgIpc) is 3.37. The standard InChI is InChI=1S/C17H21N3O5/c1-3-4-12-9-14(20(23)24)7-8-15(12)25-11-17(22)19(2)10-16(21)18-13-5-6-13/h3,7-9,13H,1,4-6,10-11H2,2H3,(H,18,21). The molecule has 0 spiro atoms. The Hall–Kier alpha value is -2.90. The fourth-order valence-corrected chi connectivity index (χ4v) is 2.19. The van der Waals surface area contributed by atoms with Gasteiger partial charge in [0.05, 0.1) is 11.5 Å². The number of nitrogens with zero attached hydrogens (tertiary/aromatic N) is 2. The Morgan fingerprint density at radius 3 is 2.80 bits per heavy atom. The molecule has 8 heteroatoms. The maximum absolute atomic E-state index is 12.1. The van der Waals surface area contributed by atoms with Gasteiger partial charge in [-0.05, 0) is 25.3 Å². The number of ether oxygens (including phenoxy) is 1. The molecule has 134 valence electrons. The van der Waals surface area contributed by atoms with Crippen LogP contribution in [0, 0.1) is 10.1 Å². The van der Waals surface area contributed by atoms with Crippen LogP contribution in [0.3, 0.4) is 0 Å². The summed E-state index contributed by atoms with van der Waals surface area (Å²) < 4.78 is 5.49. The summed E-state index contributed by atoms with van der Waals surface area (Å²) in [4.78, 5) is 35.4. The number of nitrogens with one attached hydrogen (secondary N) is 1. The molecule has 25 heavy (non-hydrogen) atoms. The lowest BCUT2D eigenvalue weighted by Crippen LogP contribution is -2.41. The van der Waals surface area contributed by atoms with Crippen LogP contribution in [0.2, 0.25) is 0 Å². The van der Waals surface area contributed by atoms with Gasteiger partial charge in [0.25, 0.3) is 11.6 Å². The third-order valence-electron chi connectivity index (χ3n) is 3.72. The van der Waals surface area contributed by atoms with Crippen LogP contribution in [-0.2, 0) is 16.0 Å². The number of benzene rings is 1. The van der Waals surface area contributed by atoms with Gasteiger partial charge in [0.2, 0.25) is 5.91 Å². The highest BCUT2D eigenvalue weighted by Gasteiger charge is 2.24. The lowest BCUT2D eigenvalue weighted by Gasteiger charge is -2.17. The third-order valence-corrected chi connectivity index (χ3v) is 3.72. The molecule has 1 aliphatic rings. The highest BCUT2D eigenvalue weighted by Crippen LogP contribution is 2.25. The van der Waals surface area contributed by atoms with Crippen molar-refractivity contribution in [2.24, 2.45) is 0 Å². The van der Waals surface area contributed by atoms with Crippen LogP contribution < -0.4 is 10.1 Å². The van der Waals surface area contributed by atoms with Gasteiger partial charge in [0.15, 0.2) is 6.61 Å². The van der Waals surface area contributed by atoms with Crippen molar-refractivity contribution in [3.05, 3.63) is 46.5 Å². The Morgan fingerprint density at radius 2 is 2.20 bits per heavy atom. The number of carbonyl (C=O) groups is 2. The van der Waals surface area contributed by atoms with E-state index in [9.17, 15) is 19.7 Å². The average molecular weight is 347 g/mol. The van der Waals surface area contributed by atoms with Crippen LogP contribution in [0.5, 0.6) is 5.75 Å². The van der Waals surface area contributed by atoms with Gasteiger partial charge in [-0.25, -0.2) is 0 Å². The molecule has 0 aromatic heterocycles. The summed E-state index contributed by atoms with van der Waals surface area (Å²) in [6.07, 6.45) is 3.95. The molecule has 1 aliphatic carbocycles. The third kappa shape index (κ3) is 5.59.